The average molecular weight is 236 g/mol. The highest BCUT2D eigenvalue weighted by Crippen LogP contribution is 2.22. The van der Waals surface area contributed by atoms with Gasteiger partial charge in [-0.25, -0.2) is 4.39 Å². The minimum absolute atomic E-state index is 0.128. The van der Waals surface area contributed by atoms with Crippen molar-refractivity contribution in [1.82, 2.24) is 5.32 Å². The van der Waals surface area contributed by atoms with Crippen molar-refractivity contribution in [2.24, 2.45) is 0 Å². The molecule has 0 amide bonds. The number of anilines is 1. The predicted octanol–water partition coefficient (Wildman–Crippen LogP) is 2.93. The normalized spacial score (nSPS) is 16.9. The first-order chi connectivity index (χ1) is 8.29. The van der Waals surface area contributed by atoms with Crippen LogP contribution in [0.1, 0.15) is 31.2 Å². The van der Waals surface area contributed by atoms with Gasteiger partial charge in [0.05, 0.1) is 0 Å². The molecule has 1 heterocycles. The van der Waals surface area contributed by atoms with E-state index in [1.807, 2.05) is 7.05 Å². The van der Waals surface area contributed by atoms with Gasteiger partial charge in [0.2, 0.25) is 0 Å². The van der Waals surface area contributed by atoms with Crippen molar-refractivity contribution < 1.29 is 4.39 Å². The molecule has 0 atom stereocenters. The molecule has 0 saturated carbocycles. The molecule has 94 valence electrons. The van der Waals surface area contributed by atoms with Crippen molar-refractivity contribution in [3.05, 3.63) is 29.6 Å². The monoisotopic (exact) mass is 236 g/mol. The molecule has 1 aliphatic heterocycles. The summed E-state index contributed by atoms with van der Waals surface area (Å²) in [5.74, 6) is -0.128. The Morgan fingerprint density at radius 2 is 1.82 bits per heavy atom. The molecule has 2 rings (SSSR count). The highest BCUT2D eigenvalue weighted by Gasteiger charge is 2.11. The second-order valence-electron chi connectivity index (χ2n) is 4.75. The molecule has 0 spiro atoms. The highest BCUT2D eigenvalue weighted by atomic mass is 19.1. The third-order valence-corrected chi connectivity index (χ3v) is 3.29. The summed E-state index contributed by atoms with van der Waals surface area (Å²) >= 11 is 0. The topological polar surface area (TPSA) is 15.3 Å². The van der Waals surface area contributed by atoms with Gasteiger partial charge in [-0.2, -0.15) is 0 Å². The Labute approximate surface area is 103 Å². The molecule has 1 aromatic rings. The molecule has 0 radical (unpaired) electrons. The Bertz CT molecular complexity index is 357. The van der Waals surface area contributed by atoms with Crippen LogP contribution in [0.5, 0.6) is 0 Å². The maximum atomic E-state index is 13.6. The lowest BCUT2D eigenvalue weighted by molar-refractivity contribution is 0.622. The third kappa shape index (κ3) is 3.43. The van der Waals surface area contributed by atoms with E-state index in [0.29, 0.717) is 0 Å². The van der Waals surface area contributed by atoms with Crippen LogP contribution in [-0.4, -0.2) is 20.1 Å². The summed E-state index contributed by atoms with van der Waals surface area (Å²) in [6, 6.07) is 5.37. The number of rotatable bonds is 3. The number of hydrogen-bond acceptors (Lipinski definition) is 2. The summed E-state index contributed by atoms with van der Waals surface area (Å²) in [6.07, 6.45) is 5.04. The maximum Gasteiger partial charge on any atom is 0.125 e. The van der Waals surface area contributed by atoms with Gasteiger partial charge >= 0.3 is 0 Å². The van der Waals surface area contributed by atoms with Gasteiger partial charge in [-0.3, -0.25) is 0 Å². The summed E-state index contributed by atoms with van der Waals surface area (Å²) in [5.41, 5.74) is 2.06. The number of nitrogens with one attached hydrogen (secondary N) is 1. The van der Waals surface area contributed by atoms with Crippen LogP contribution in [0.25, 0.3) is 0 Å². The summed E-state index contributed by atoms with van der Waals surface area (Å²) < 4.78 is 13.6. The van der Waals surface area contributed by atoms with Crippen molar-refractivity contribution in [2.75, 3.05) is 25.0 Å². The zero-order valence-corrected chi connectivity index (χ0v) is 10.5. The third-order valence-electron chi connectivity index (χ3n) is 3.29. The van der Waals surface area contributed by atoms with E-state index in [1.165, 1.54) is 25.7 Å². The van der Waals surface area contributed by atoms with Crippen molar-refractivity contribution >= 4 is 5.69 Å². The average Bonchev–Trinajstić information content (AvgIpc) is 2.57. The summed E-state index contributed by atoms with van der Waals surface area (Å²) in [5, 5.41) is 3.07. The van der Waals surface area contributed by atoms with Crippen LogP contribution >= 0.6 is 0 Å². The van der Waals surface area contributed by atoms with Gasteiger partial charge in [0.1, 0.15) is 5.82 Å². The van der Waals surface area contributed by atoms with Gasteiger partial charge in [0.15, 0.2) is 0 Å². The molecule has 0 aromatic heterocycles. The molecule has 1 N–H and O–H groups in total. The first-order valence-electron chi connectivity index (χ1n) is 6.48. The predicted molar refractivity (Wildman–Crippen MR) is 69.8 cm³/mol. The molecule has 1 fully saturated rings. The molecule has 2 nitrogen and oxygen atoms in total. The van der Waals surface area contributed by atoms with E-state index in [2.05, 4.69) is 16.3 Å². The first-order valence-corrected chi connectivity index (χ1v) is 6.48. The van der Waals surface area contributed by atoms with Crippen LogP contribution in [0.4, 0.5) is 10.1 Å². The fourth-order valence-corrected chi connectivity index (χ4v) is 2.45. The Morgan fingerprint density at radius 1 is 1.12 bits per heavy atom. The van der Waals surface area contributed by atoms with Gasteiger partial charge in [-0.1, -0.05) is 12.8 Å². The largest absolute Gasteiger partial charge is 0.371 e. The number of hydrogen-bond donors (Lipinski definition) is 1. The van der Waals surface area contributed by atoms with Gasteiger partial charge in [0.25, 0.3) is 0 Å². The van der Waals surface area contributed by atoms with Gasteiger partial charge < -0.3 is 10.2 Å². The molecule has 0 unspecified atom stereocenters. The van der Waals surface area contributed by atoms with E-state index in [4.69, 9.17) is 0 Å². The lowest BCUT2D eigenvalue weighted by atomic mass is 10.1. The second kappa shape index (κ2) is 6.01. The Kier molecular flexibility index (Phi) is 4.37. The molecule has 0 bridgehead atoms. The van der Waals surface area contributed by atoms with Gasteiger partial charge in [-0.05, 0) is 43.7 Å². The van der Waals surface area contributed by atoms with Crippen LogP contribution in [0.3, 0.4) is 0 Å². The van der Waals surface area contributed by atoms with E-state index in [9.17, 15) is 4.39 Å². The van der Waals surface area contributed by atoms with Crippen LogP contribution in [0, 0.1) is 5.82 Å². The van der Waals surface area contributed by atoms with E-state index in [0.717, 1.165) is 30.9 Å². The smallest absolute Gasteiger partial charge is 0.125 e. The number of benzene rings is 1. The van der Waals surface area contributed by atoms with Crippen molar-refractivity contribution in [2.45, 2.75) is 32.2 Å². The molecular formula is C14H21FN2. The second-order valence-corrected chi connectivity index (χ2v) is 4.75. The fraction of sp³-hybridized carbons (Fsp3) is 0.571. The highest BCUT2D eigenvalue weighted by molar-refractivity contribution is 5.49. The van der Waals surface area contributed by atoms with Crippen LogP contribution < -0.4 is 10.2 Å². The Hall–Kier alpha value is -1.09. The molecule has 1 aromatic carbocycles. The van der Waals surface area contributed by atoms with Crippen molar-refractivity contribution in [3.8, 4) is 0 Å². The first kappa shape index (κ1) is 12.4. The molecule has 17 heavy (non-hydrogen) atoms. The maximum absolute atomic E-state index is 13.6. The van der Waals surface area contributed by atoms with Crippen LogP contribution in [0.2, 0.25) is 0 Å². The lowest BCUT2D eigenvalue weighted by Gasteiger charge is -2.23. The van der Waals surface area contributed by atoms with E-state index >= 15 is 0 Å². The van der Waals surface area contributed by atoms with Gasteiger partial charge in [0, 0.05) is 25.3 Å². The fourth-order valence-electron chi connectivity index (χ4n) is 2.45. The minimum atomic E-state index is -0.128. The summed E-state index contributed by atoms with van der Waals surface area (Å²) in [7, 11) is 1.89. The lowest BCUT2D eigenvalue weighted by Crippen LogP contribution is -2.24. The molecular weight excluding hydrogens is 215 g/mol. The summed E-state index contributed by atoms with van der Waals surface area (Å²) in [6.45, 7) is 2.84. The van der Waals surface area contributed by atoms with E-state index in [-0.39, 0.29) is 5.82 Å². The van der Waals surface area contributed by atoms with Crippen LogP contribution in [0.15, 0.2) is 18.2 Å². The molecule has 0 aliphatic carbocycles. The van der Waals surface area contributed by atoms with Gasteiger partial charge in [-0.15, -0.1) is 0 Å². The summed E-state index contributed by atoms with van der Waals surface area (Å²) in [4.78, 5) is 2.31. The zero-order chi connectivity index (χ0) is 12.1. The van der Waals surface area contributed by atoms with Crippen molar-refractivity contribution in [3.63, 3.8) is 0 Å². The Morgan fingerprint density at radius 3 is 2.47 bits per heavy atom. The number of halogens is 1. The van der Waals surface area contributed by atoms with Crippen LogP contribution in [-0.2, 0) is 6.54 Å². The molecule has 1 aliphatic rings. The molecule has 3 heteroatoms. The Balaban J connectivity index is 2.17. The quantitative estimate of drug-likeness (QED) is 0.868. The van der Waals surface area contributed by atoms with E-state index < -0.39 is 0 Å². The number of nitrogens with zero attached hydrogens (tertiary/aromatic N) is 1. The van der Waals surface area contributed by atoms with Crippen molar-refractivity contribution in [1.29, 1.82) is 0 Å². The minimum Gasteiger partial charge on any atom is -0.371 e. The SMILES string of the molecule is CNCc1cc(F)cc(N2CCCCCC2)c1. The standard InChI is InChI=1S/C14H21FN2/c1-16-11-12-8-13(15)10-14(9-12)17-6-4-2-3-5-7-17/h8-10,16H,2-7,11H2,1H3. The van der Waals surface area contributed by atoms with E-state index in [1.54, 1.807) is 12.1 Å². The molecule has 1 saturated heterocycles. The zero-order valence-electron chi connectivity index (χ0n) is 10.5.